The number of aromatic nitrogens is 2. The number of esters is 1. The lowest BCUT2D eigenvalue weighted by molar-refractivity contribution is -0.123. The molecule has 0 aliphatic heterocycles. The molecule has 2 aromatic heterocycles. The summed E-state index contributed by atoms with van der Waals surface area (Å²) < 4.78 is 5.25. The normalized spacial score (nSPS) is 11.9. The van der Waals surface area contributed by atoms with Crippen molar-refractivity contribution >= 4 is 40.2 Å². The van der Waals surface area contributed by atoms with Gasteiger partial charge in [0.15, 0.2) is 6.10 Å². The van der Waals surface area contributed by atoms with Crippen molar-refractivity contribution in [3.63, 3.8) is 0 Å². The van der Waals surface area contributed by atoms with Crippen LogP contribution in [0.3, 0.4) is 0 Å². The number of rotatable bonds is 4. The smallest absolute Gasteiger partial charge is 0.339 e. The van der Waals surface area contributed by atoms with Crippen molar-refractivity contribution in [3.05, 3.63) is 59.4 Å². The number of carbonyl (C=O) groups excluding carboxylic acids is 2. The molecule has 0 aliphatic rings. The van der Waals surface area contributed by atoms with Gasteiger partial charge in [0.2, 0.25) is 0 Å². The van der Waals surface area contributed by atoms with E-state index in [1.807, 2.05) is 0 Å². The molecule has 6 nitrogen and oxygen atoms in total. The van der Waals surface area contributed by atoms with Crippen LogP contribution in [0.5, 0.6) is 0 Å². The number of nitrogens with one attached hydrogen (secondary N) is 2. The van der Waals surface area contributed by atoms with Gasteiger partial charge in [-0.25, -0.2) is 9.78 Å². The van der Waals surface area contributed by atoms with Crippen molar-refractivity contribution in [2.45, 2.75) is 13.0 Å². The van der Waals surface area contributed by atoms with Gasteiger partial charge in [-0.05, 0) is 37.3 Å². The summed E-state index contributed by atoms with van der Waals surface area (Å²) in [5, 5.41) is 3.80. The van der Waals surface area contributed by atoms with E-state index < -0.39 is 18.0 Å². The van der Waals surface area contributed by atoms with Gasteiger partial charge in [-0.15, -0.1) is 0 Å². The number of ether oxygens (including phenoxy) is 1. The lowest BCUT2D eigenvalue weighted by Gasteiger charge is -2.14. The van der Waals surface area contributed by atoms with Crippen LogP contribution >= 0.6 is 11.6 Å². The Morgan fingerprint density at radius 2 is 2.12 bits per heavy atom. The third-order valence-electron chi connectivity index (χ3n) is 3.43. The van der Waals surface area contributed by atoms with Gasteiger partial charge in [-0.3, -0.25) is 4.79 Å². The summed E-state index contributed by atoms with van der Waals surface area (Å²) in [5.41, 5.74) is 1.47. The Kier molecular flexibility index (Phi) is 4.48. The first kappa shape index (κ1) is 16.0. The molecular formula is C17H14ClN3O3. The predicted octanol–water partition coefficient (Wildman–Crippen LogP) is 3.40. The zero-order chi connectivity index (χ0) is 17.1. The van der Waals surface area contributed by atoms with E-state index in [0.717, 1.165) is 0 Å². The van der Waals surface area contributed by atoms with Gasteiger partial charge in [0, 0.05) is 28.5 Å². The Bertz CT molecular complexity index is 907. The summed E-state index contributed by atoms with van der Waals surface area (Å²) in [6, 6.07) is 10.0. The first-order valence-electron chi connectivity index (χ1n) is 7.24. The fraction of sp³-hybridized carbons (Fsp3) is 0.118. The highest BCUT2D eigenvalue weighted by molar-refractivity contribution is 6.30. The molecule has 3 rings (SSSR count). The standard InChI is InChI=1S/C17H14ClN3O3/c1-10(16(22)21-12-4-2-3-11(18)9-12)24-17(23)14-6-8-20-15-13(14)5-7-19-15/h2-10H,1H3,(H,19,20)(H,21,22). The number of hydrogen-bond acceptors (Lipinski definition) is 4. The van der Waals surface area contributed by atoms with E-state index in [1.165, 1.54) is 13.1 Å². The molecule has 0 radical (unpaired) electrons. The van der Waals surface area contributed by atoms with Gasteiger partial charge in [0.05, 0.1) is 5.56 Å². The molecule has 2 heterocycles. The number of amides is 1. The number of benzene rings is 1. The minimum atomic E-state index is -0.960. The van der Waals surface area contributed by atoms with E-state index in [-0.39, 0.29) is 0 Å². The molecule has 24 heavy (non-hydrogen) atoms. The highest BCUT2D eigenvalue weighted by Gasteiger charge is 2.21. The zero-order valence-corrected chi connectivity index (χ0v) is 13.5. The van der Waals surface area contributed by atoms with Crippen molar-refractivity contribution in [2.75, 3.05) is 5.32 Å². The van der Waals surface area contributed by atoms with E-state index in [2.05, 4.69) is 15.3 Å². The molecule has 122 valence electrons. The second-order valence-corrected chi connectivity index (χ2v) is 5.58. The quantitative estimate of drug-likeness (QED) is 0.711. The number of pyridine rings is 1. The molecule has 1 aromatic carbocycles. The molecule has 1 amide bonds. The zero-order valence-electron chi connectivity index (χ0n) is 12.7. The largest absolute Gasteiger partial charge is 0.449 e. The van der Waals surface area contributed by atoms with Gasteiger partial charge in [0.1, 0.15) is 5.65 Å². The Hall–Kier alpha value is -2.86. The minimum absolute atomic E-state index is 0.351. The maximum Gasteiger partial charge on any atom is 0.339 e. The third-order valence-corrected chi connectivity index (χ3v) is 3.66. The number of fused-ring (bicyclic) bond motifs is 1. The average molecular weight is 344 g/mol. The average Bonchev–Trinajstić information content (AvgIpc) is 3.03. The number of H-pyrrole nitrogens is 1. The lowest BCUT2D eigenvalue weighted by Crippen LogP contribution is -2.30. The first-order chi connectivity index (χ1) is 11.5. The Morgan fingerprint density at radius 3 is 2.92 bits per heavy atom. The van der Waals surface area contributed by atoms with E-state index in [0.29, 0.717) is 27.3 Å². The number of halogens is 1. The van der Waals surface area contributed by atoms with Gasteiger partial charge >= 0.3 is 5.97 Å². The topological polar surface area (TPSA) is 84.1 Å². The fourth-order valence-corrected chi connectivity index (χ4v) is 2.42. The minimum Gasteiger partial charge on any atom is -0.449 e. The predicted molar refractivity (Wildman–Crippen MR) is 91.1 cm³/mol. The molecule has 0 bridgehead atoms. The Labute approximate surface area is 142 Å². The van der Waals surface area contributed by atoms with Gasteiger partial charge < -0.3 is 15.0 Å². The van der Waals surface area contributed by atoms with Crippen molar-refractivity contribution in [1.82, 2.24) is 9.97 Å². The number of anilines is 1. The van der Waals surface area contributed by atoms with Crippen molar-refractivity contribution < 1.29 is 14.3 Å². The molecule has 0 saturated heterocycles. The number of hydrogen-bond donors (Lipinski definition) is 2. The molecule has 3 aromatic rings. The van der Waals surface area contributed by atoms with E-state index >= 15 is 0 Å². The summed E-state index contributed by atoms with van der Waals surface area (Å²) in [7, 11) is 0. The molecule has 0 fully saturated rings. The van der Waals surface area contributed by atoms with Gasteiger partial charge in [-0.2, -0.15) is 0 Å². The molecule has 1 atom stereocenters. The maximum absolute atomic E-state index is 12.3. The molecule has 0 saturated carbocycles. The summed E-state index contributed by atoms with van der Waals surface area (Å²) in [6.45, 7) is 1.51. The first-order valence-corrected chi connectivity index (χ1v) is 7.62. The summed E-state index contributed by atoms with van der Waals surface area (Å²) in [5.74, 6) is -1.03. The van der Waals surface area contributed by atoms with Crippen LogP contribution < -0.4 is 5.32 Å². The van der Waals surface area contributed by atoms with Crippen LogP contribution in [-0.2, 0) is 9.53 Å². The number of aromatic amines is 1. The molecule has 7 heteroatoms. The van der Waals surface area contributed by atoms with E-state index in [1.54, 1.807) is 42.6 Å². The highest BCUT2D eigenvalue weighted by Crippen LogP contribution is 2.18. The second kappa shape index (κ2) is 6.72. The summed E-state index contributed by atoms with van der Waals surface area (Å²) >= 11 is 5.87. The van der Waals surface area contributed by atoms with Crippen molar-refractivity contribution in [3.8, 4) is 0 Å². The maximum atomic E-state index is 12.3. The van der Waals surface area contributed by atoms with Gasteiger partial charge in [0.25, 0.3) is 5.91 Å². The van der Waals surface area contributed by atoms with Crippen LogP contribution in [0.4, 0.5) is 5.69 Å². The molecule has 1 unspecified atom stereocenters. The summed E-state index contributed by atoms with van der Waals surface area (Å²) in [6.07, 6.45) is 2.23. The second-order valence-electron chi connectivity index (χ2n) is 5.15. The van der Waals surface area contributed by atoms with Crippen molar-refractivity contribution in [2.24, 2.45) is 0 Å². The van der Waals surface area contributed by atoms with Crippen LogP contribution in [0.15, 0.2) is 48.8 Å². The van der Waals surface area contributed by atoms with E-state index in [9.17, 15) is 9.59 Å². The molecule has 0 spiro atoms. The van der Waals surface area contributed by atoms with Crippen LogP contribution in [-0.4, -0.2) is 27.9 Å². The molecule has 2 N–H and O–H groups in total. The molecule has 0 aliphatic carbocycles. The van der Waals surface area contributed by atoms with E-state index in [4.69, 9.17) is 16.3 Å². The van der Waals surface area contributed by atoms with Crippen LogP contribution in [0.1, 0.15) is 17.3 Å². The SMILES string of the molecule is CC(OC(=O)c1ccnc2[nH]ccc12)C(=O)Nc1cccc(Cl)c1. The van der Waals surface area contributed by atoms with Crippen LogP contribution in [0.25, 0.3) is 11.0 Å². The Balaban J connectivity index is 1.69. The number of carbonyl (C=O) groups is 2. The molecular weight excluding hydrogens is 330 g/mol. The lowest BCUT2D eigenvalue weighted by atomic mass is 10.2. The fourth-order valence-electron chi connectivity index (χ4n) is 2.23. The summed E-state index contributed by atoms with van der Waals surface area (Å²) in [4.78, 5) is 31.5. The van der Waals surface area contributed by atoms with Crippen molar-refractivity contribution in [1.29, 1.82) is 0 Å². The third kappa shape index (κ3) is 3.38. The Morgan fingerprint density at radius 1 is 1.29 bits per heavy atom. The monoisotopic (exact) mass is 343 g/mol. The highest BCUT2D eigenvalue weighted by atomic mass is 35.5. The van der Waals surface area contributed by atoms with Gasteiger partial charge in [-0.1, -0.05) is 17.7 Å². The van der Waals surface area contributed by atoms with Crippen LogP contribution in [0.2, 0.25) is 5.02 Å². The van der Waals surface area contributed by atoms with Crippen LogP contribution in [0, 0.1) is 0 Å². The number of nitrogens with zero attached hydrogens (tertiary/aromatic N) is 1.